The summed E-state index contributed by atoms with van der Waals surface area (Å²) in [5.41, 5.74) is 2.44. The van der Waals surface area contributed by atoms with Gasteiger partial charge in [0.05, 0.1) is 12.1 Å². The van der Waals surface area contributed by atoms with Gasteiger partial charge < -0.3 is 15.3 Å². The number of carbonyl (C=O) groups is 2. The van der Waals surface area contributed by atoms with Crippen LogP contribution in [0.1, 0.15) is 31.2 Å². The summed E-state index contributed by atoms with van der Waals surface area (Å²) < 4.78 is 1.71. The molecule has 0 spiro atoms. The standard InChI is InChI=1S/C17H17BrN2O3S2/c18-10-5-6-12-11(8-10)15(16(23)19-12)13-9-20(17(24)25-13)7-3-1-2-4-14(21)22/h5-6,8H,1-4,7,9H2,(H,19,23)(H,21,22). The Hall–Kier alpha value is -1.38. The predicted octanol–water partition coefficient (Wildman–Crippen LogP) is 4.09. The van der Waals surface area contributed by atoms with Crippen molar-refractivity contribution in [2.45, 2.75) is 25.7 Å². The highest BCUT2D eigenvalue weighted by molar-refractivity contribution is 9.10. The molecule has 2 N–H and O–H groups in total. The van der Waals surface area contributed by atoms with Crippen molar-refractivity contribution in [2.24, 2.45) is 0 Å². The number of hydrogen-bond donors (Lipinski definition) is 2. The number of anilines is 1. The minimum absolute atomic E-state index is 0.0818. The zero-order valence-corrected chi connectivity index (χ0v) is 16.6. The summed E-state index contributed by atoms with van der Waals surface area (Å²) in [6.45, 7) is 1.42. The van der Waals surface area contributed by atoms with Gasteiger partial charge in [-0.2, -0.15) is 0 Å². The highest BCUT2D eigenvalue weighted by Gasteiger charge is 2.32. The molecule has 3 rings (SSSR count). The van der Waals surface area contributed by atoms with Crippen LogP contribution in [0.25, 0.3) is 5.57 Å². The van der Waals surface area contributed by atoms with Crippen LogP contribution >= 0.6 is 39.9 Å². The number of rotatable bonds is 6. The second kappa shape index (κ2) is 7.88. The maximum atomic E-state index is 12.4. The van der Waals surface area contributed by atoms with Crippen LogP contribution in [0.4, 0.5) is 5.69 Å². The lowest BCUT2D eigenvalue weighted by Crippen LogP contribution is -2.24. The Morgan fingerprint density at radius 1 is 1.36 bits per heavy atom. The highest BCUT2D eigenvalue weighted by atomic mass is 79.9. The molecule has 25 heavy (non-hydrogen) atoms. The summed E-state index contributed by atoms with van der Waals surface area (Å²) in [5, 5.41) is 11.6. The topological polar surface area (TPSA) is 69.6 Å². The molecule has 1 aromatic carbocycles. The van der Waals surface area contributed by atoms with Crippen LogP contribution < -0.4 is 5.32 Å². The van der Waals surface area contributed by atoms with Crippen LogP contribution in [0, 0.1) is 0 Å². The van der Waals surface area contributed by atoms with E-state index in [4.69, 9.17) is 17.3 Å². The van der Waals surface area contributed by atoms with E-state index in [1.807, 2.05) is 18.2 Å². The van der Waals surface area contributed by atoms with Gasteiger partial charge in [-0.25, -0.2) is 0 Å². The molecule has 0 atom stereocenters. The van der Waals surface area contributed by atoms with E-state index in [0.29, 0.717) is 18.5 Å². The fourth-order valence-corrected chi connectivity index (χ4v) is 4.75. The summed E-state index contributed by atoms with van der Waals surface area (Å²) in [4.78, 5) is 26.0. The van der Waals surface area contributed by atoms with Crippen molar-refractivity contribution in [1.29, 1.82) is 0 Å². The first-order valence-corrected chi connectivity index (χ1v) is 10.0. The lowest BCUT2D eigenvalue weighted by atomic mass is 10.1. The van der Waals surface area contributed by atoms with Crippen LogP contribution in [-0.4, -0.2) is 39.3 Å². The molecule has 0 saturated carbocycles. The molecule has 132 valence electrons. The molecule has 0 aliphatic carbocycles. The number of aliphatic carboxylic acids is 1. The molecule has 1 amide bonds. The Bertz CT molecular complexity index is 779. The minimum atomic E-state index is -0.753. The van der Waals surface area contributed by atoms with Crippen molar-refractivity contribution in [3.63, 3.8) is 0 Å². The molecule has 0 radical (unpaired) electrons. The Balaban J connectivity index is 1.68. The van der Waals surface area contributed by atoms with E-state index >= 15 is 0 Å². The van der Waals surface area contributed by atoms with Gasteiger partial charge in [0, 0.05) is 33.6 Å². The van der Waals surface area contributed by atoms with E-state index in [2.05, 4.69) is 26.1 Å². The number of benzene rings is 1. The van der Waals surface area contributed by atoms with Gasteiger partial charge in [-0.05, 0) is 31.0 Å². The molecule has 1 aromatic rings. The number of halogens is 1. The summed E-state index contributed by atoms with van der Waals surface area (Å²) in [5.74, 6) is -0.835. The number of carboxylic acids is 1. The van der Waals surface area contributed by atoms with Crippen molar-refractivity contribution in [1.82, 2.24) is 4.90 Å². The quantitative estimate of drug-likeness (QED) is 0.394. The van der Waals surface area contributed by atoms with Gasteiger partial charge in [0.1, 0.15) is 4.32 Å². The molecule has 2 aliphatic rings. The summed E-state index contributed by atoms with van der Waals surface area (Å²) in [7, 11) is 0. The van der Waals surface area contributed by atoms with Gasteiger partial charge >= 0.3 is 5.97 Å². The van der Waals surface area contributed by atoms with Crippen LogP contribution in [0.15, 0.2) is 27.6 Å². The van der Waals surface area contributed by atoms with E-state index in [-0.39, 0.29) is 12.3 Å². The average Bonchev–Trinajstić information content (AvgIpc) is 3.05. The van der Waals surface area contributed by atoms with Crippen molar-refractivity contribution < 1.29 is 14.7 Å². The Morgan fingerprint density at radius 2 is 2.16 bits per heavy atom. The second-order valence-electron chi connectivity index (χ2n) is 5.94. The van der Waals surface area contributed by atoms with Gasteiger partial charge in [-0.1, -0.05) is 46.3 Å². The molecule has 2 aliphatic heterocycles. The van der Waals surface area contributed by atoms with Crippen molar-refractivity contribution in [3.05, 3.63) is 33.1 Å². The minimum Gasteiger partial charge on any atom is -0.481 e. The third-order valence-electron chi connectivity index (χ3n) is 4.13. The summed E-state index contributed by atoms with van der Waals surface area (Å²) in [6.07, 6.45) is 2.64. The molecule has 0 bridgehead atoms. The van der Waals surface area contributed by atoms with Gasteiger partial charge in [-0.15, -0.1) is 0 Å². The number of fused-ring (bicyclic) bond motifs is 1. The third-order valence-corrected chi connectivity index (χ3v) is 6.14. The van der Waals surface area contributed by atoms with Gasteiger partial charge in [-0.3, -0.25) is 9.59 Å². The molecule has 2 heterocycles. The van der Waals surface area contributed by atoms with E-state index in [0.717, 1.165) is 44.3 Å². The monoisotopic (exact) mass is 440 g/mol. The van der Waals surface area contributed by atoms with Crippen molar-refractivity contribution in [2.75, 3.05) is 18.4 Å². The number of thioether (sulfide) groups is 1. The van der Waals surface area contributed by atoms with Crippen molar-refractivity contribution in [3.8, 4) is 0 Å². The Kier molecular flexibility index (Phi) is 5.81. The Labute approximate surface area is 164 Å². The SMILES string of the molecule is O=C(O)CCCCCN1CC(=C2C(=O)Nc3ccc(Br)cc32)SC1=S. The number of carbonyl (C=O) groups excluding carboxylic acids is 1. The van der Waals surface area contributed by atoms with Gasteiger partial charge in [0.25, 0.3) is 5.91 Å². The van der Waals surface area contributed by atoms with E-state index in [1.54, 1.807) is 0 Å². The number of nitrogens with zero attached hydrogens (tertiary/aromatic N) is 1. The van der Waals surface area contributed by atoms with Crippen LogP contribution in [-0.2, 0) is 9.59 Å². The largest absolute Gasteiger partial charge is 0.481 e. The molecule has 0 unspecified atom stereocenters. The Morgan fingerprint density at radius 3 is 2.92 bits per heavy atom. The molecular formula is C17H17BrN2O3S2. The summed E-state index contributed by atoms with van der Waals surface area (Å²) >= 11 is 10.4. The number of carboxylic acid groups (broad SMARTS) is 1. The van der Waals surface area contributed by atoms with Crippen molar-refractivity contribution >= 4 is 67.4 Å². The third kappa shape index (κ3) is 4.24. The number of thiocarbonyl (C=S) groups is 1. The maximum Gasteiger partial charge on any atom is 0.303 e. The van der Waals surface area contributed by atoms with Crippen LogP contribution in [0.2, 0.25) is 0 Å². The fraction of sp³-hybridized carbons (Fsp3) is 0.353. The first-order chi connectivity index (χ1) is 12.0. The molecular weight excluding hydrogens is 424 g/mol. The maximum absolute atomic E-state index is 12.4. The second-order valence-corrected chi connectivity index (χ2v) is 8.58. The number of nitrogens with one attached hydrogen (secondary N) is 1. The molecule has 1 fully saturated rings. The summed E-state index contributed by atoms with van der Waals surface area (Å²) in [6, 6.07) is 5.75. The molecule has 1 saturated heterocycles. The zero-order chi connectivity index (χ0) is 18.0. The number of unbranched alkanes of at least 4 members (excludes halogenated alkanes) is 2. The smallest absolute Gasteiger partial charge is 0.303 e. The van der Waals surface area contributed by atoms with Crippen LogP contribution in [0.3, 0.4) is 0 Å². The van der Waals surface area contributed by atoms with Gasteiger partial charge in [0.15, 0.2) is 0 Å². The van der Waals surface area contributed by atoms with E-state index < -0.39 is 5.97 Å². The first-order valence-electron chi connectivity index (χ1n) is 7.98. The average molecular weight is 441 g/mol. The van der Waals surface area contributed by atoms with Crippen LogP contribution in [0.5, 0.6) is 0 Å². The van der Waals surface area contributed by atoms with E-state index in [9.17, 15) is 9.59 Å². The lowest BCUT2D eigenvalue weighted by molar-refractivity contribution is -0.137. The fourth-order valence-electron chi connectivity index (χ4n) is 2.91. The highest BCUT2D eigenvalue weighted by Crippen LogP contribution is 2.42. The van der Waals surface area contributed by atoms with E-state index in [1.165, 1.54) is 11.8 Å². The predicted molar refractivity (Wildman–Crippen MR) is 108 cm³/mol. The zero-order valence-electron chi connectivity index (χ0n) is 13.4. The first kappa shape index (κ1) is 18.4. The lowest BCUT2D eigenvalue weighted by Gasteiger charge is -2.15. The number of hydrogen-bond acceptors (Lipinski definition) is 4. The molecule has 0 aromatic heterocycles. The molecule has 5 nitrogen and oxygen atoms in total. The normalized spacial score (nSPS) is 19.3. The number of amides is 1. The van der Waals surface area contributed by atoms with Gasteiger partial charge in [0.2, 0.25) is 0 Å². The molecule has 8 heteroatoms.